The summed E-state index contributed by atoms with van der Waals surface area (Å²) in [6.07, 6.45) is 2.61. The van der Waals surface area contributed by atoms with E-state index in [0.29, 0.717) is 30.7 Å². The number of aromatic amines is 1. The summed E-state index contributed by atoms with van der Waals surface area (Å²) in [5, 5.41) is 9.85. The van der Waals surface area contributed by atoms with Crippen LogP contribution >= 0.6 is 0 Å². The average molecular weight is 292 g/mol. The Kier molecular flexibility index (Phi) is 3.76. The van der Waals surface area contributed by atoms with Gasteiger partial charge in [-0.15, -0.1) is 0 Å². The van der Waals surface area contributed by atoms with Gasteiger partial charge in [0.05, 0.1) is 6.61 Å². The molecule has 0 aliphatic carbocycles. The van der Waals surface area contributed by atoms with Crippen molar-refractivity contribution >= 4 is 11.9 Å². The van der Waals surface area contributed by atoms with Crippen molar-refractivity contribution in [3.8, 4) is 0 Å². The highest BCUT2D eigenvalue weighted by molar-refractivity contribution is 5.87. The Labute approximate surface area is 121 Å². The maximum atomic E-state index is 11.8. The molecule has 0 aromatic carbocycles. The molecule has 7 nitrogen and oxygen atoms in total. The third-order valence-corrected chi connectivity index (χ3v) is 3.58. The van der Waals surface area contributed by atoms with Crippen molar-refractivity contribution in [2.75, 3.05) is 13.2 Å². The summed E-state index contributed by atoms with van der Waals surface area (Å²) in [7, 11) is 0. The van der Waals surface area contributed by atoms with Gasteiger partial charge in [0.15, 0.2) is 6.23 Å². The maximum absolute atomic E-state index is 11.8. The number of hydrogen-bond donors (Lipinski definition) is 2. The molecule has 0 bridgehead atoms. The van der Waals surface area contributed by atoms with Gasteiger partial charge in [0, 0.05) is 24.6 Å². The first kappa shape index (κ1) is 13.8. The molecule has 1 aromatic rings. The molecule has 1 aromatic heterocycles. The van der Waals surface area contributed by atoms with Gasteiger partial charge in [0.1, 0.15) is 18.5 Å². The van der Waals surface area contributed by atoms with Gasteiger partial charge in [-0.2, -0.15) is 0 Å². The minimum absolute atomic E-state index is 0.0268. The van der Waals surface area contributed by atoms with Crippen molar-refractivity contribution < 1.29 is 24.2 Å². The van der Waals surface area contributed by atoms with Crippen LogP contribution in [-0.2, 0) is 14.3 Å². The smallest absolute Gasteiger partial charge is 0.355 e. The first-order valence-electron chi connectivity index (χ1n) is 6.77. The van der Waals surface area contributed by atoms with Crippen molar-refractivity contribution in [3.05, 3.63) is 35.7 Å². The third-order valence-electron chi connectivity index (χ3n) is 3.58. The zero-order chi connectivity index (χ0) is 14.8. The topological polar surface area (TPSA) is 91.9 Å². The second-order valence-corrected chi connectivity index (χ2v) is 4.94. The molecule has 112 valence electrons. The Morgan fingerprint density at radius 2 is 2.43 bits per heavy atom. The number of carbonyl (C=O) groups excluding carboxylic acids is 2. The number of aromatic nitrogens is 1. The van der Waals surface area contributed by atoms with Crippen LogP contribution in [0.1, 0.15) is 23.3 Å². The number of esters is 1. The van der Waals surface area contributed by atoms with Crippen LogP contribution in [0.15, 0.2) is 30.0 Å². The van der Waals surface area contributed by atoms with E-state index in [0.717, 1.165) is 0 Å². The van der Waals surface area contributed by atoms with Crippen LogP contribution < -0.4 is 0 Å². The molecule has 3 rings (SSSR count). The summed E-state index contributed by atoms with van der Waals surface area (Å²) in [6, 6.07) is 3.32. The maximum Gasteiger partial charge on any atom is 0.355 e. The summed E-state index contributed by atoms with van der Waals surface area (Å²) in [6.45, 7) is 0.357. The van der Waals surface area contributed by atoms with Crippen molar-refractivity contribution in [2.45, 2.75) is 25.3 Å². The molecule has 0 spiro atoms. The number of ether oxygens (including phenoxy) is 2. The van der Waals surface area contributed by atoms with Crippen molar-refractivity contribution in [2.24, 2.45) is 0 Å². The molecule has 7 heteroatoms. The minimum atomic E-state index is -0.844. The van der Waals surface area contributed by atoms with Crippen molar-refractivity contribution in [1.29, 1.82) is 0 Å². The van der Waals surface area contributed by atoms with Crippen LogP contribution in [0.4, 0.5) is 0 Å². The summed E-state index contributed by atoms with van der Waals surface area (Å²) in [5.41, 5.74) is 1.03. The fourth-order valence-electron chi connectivity index (χ4n) is 2.50. The van der Waals surface area contributed by atoms with Gasteiger partial charge in [-0.05, 0) is 12.1 Å². The zero-order valence-corrected chi connectivity index (χ0v) is 11.3. The van der Waals surface area contributed by atoms with Gasteiger partial charge >= 0.3 is 5.97 Å². The normalized spacial score (nSPS) is 25.3. The molecule has 0 saturated carbocycles. The second-order valence-electron chi connectivity index (χ2n) is 4.94. The Morgan fingerprint density at radius 3 is 3.10 bits per heavy atom. The molecule has 2 N–H and O–H groups in total. The summed E-state index contributed by atoms with van der Waals surface area (Å²) in [4.78, 5) is 27.6. The molecular weight excluding hydrogens is 276 g/mol. The monoisotopic (exact) mass is 292 g/mol. The van der Waals surface area contributed by atoms with Crippen LogP contribution in [0.25, 0.3) is 0 Å². The summed E-state index contributed by atoms with van der Waals surface area (Å²) in [5.74, 6) is -0.629. The Morgan fingerprint density at radius 1 is 1.57 bits per heavy atom. The van der Waals surface area contributed by atoms with Crippen LogP contribution in [0, 0.1) is 0 Å². The molecule has 1 amide bonds. The quantitative estimate of drug-likeness (QED) is 0.619. The standard InChI is InChI=1S/C14H16N2O5/c17-11-3-4-12(18)16(11)13-9(5-7-20-13)8-21-14(19)10-2-1-6-15-10/h1-2,5-6,11,13,15,17H,3-4,7-8H2/t11-,13-/m0/s1. The predicted molar refractivity (Wildman–Crippen MR) is 71.0 cm³/mol. The number of aliphatic hydroxyl groups is 1. The van der Waals surface area contributed by atoms with Crippen molar-refractivity contribution in [1.82, 2.24) is 9.88 Å². The third kappa shape index (κ3) is 2.70. The van der Waals surface area contributed by atoms with E-state index in [2.05, 4.69) is 4.98 Å². The molecule has 21 heavy (non-hydrogen) atoms. The van der Waals surface area contributed by atoms with Gasteiger partial charge in [-0.25, -0.2) is 4.79 Å². The lowest BCUT2D eigenvalue weighted by Crippen LogP contribution is -2.43. The van der Waals surface area contributed by atoms with Crippen molar-refractivity contribution in [3.63, 3.8) is 0 Å². The second kappa shape index (κ2) is 5.71. The number of aliphatic hydroxyl groups excluding tert-OH is 1. The molecule has 3 heterocycles. The lowest BCUT2D eigenvalue weighted by molar-refractivity contribution is -0.148. The van der Waals surface area contributed by atoms with E-state index in [-0.39, 0.29) is 12.5 Å². The van der Waals surface area contributed by atoms with Gasteiger partial charge in [-0.3, -0.25) is 9.69 Å². The van der Waals surface area contributed by atoms with Crippen LogP contribution in [0.5, 0.6) is 0 Å². The molecule has 1 fully saturated rings. The SMILES string of the molecule is O=C(OCC1=CCO[C@@H]1N1C(=O)CC[C@@H]1O)c1ccc[nH]1. The van der Waals surface area contributed by atoms with Gasteiger partial charge in [0.2, 0.25) is 5.91 Å². The van der Waals surface area contributed by atoms with Crippen LogP contribution in [0.3, 0.4) is 0 Å². The summed E-state index contributed by atoms with van der Waals surface area (Å²) < 4.78 is 10.7. The predicted octanol–water partition coefficient (Wildman–Crippen LogP) is 0.395. The highest BCUT2D eigenvalue weighted by Crippen LogP contribution is 2.27. The lowest BCUT2D eigenvalue weighted by Gasteiger charge is -2.28. The number of nitrogens with one attached hydrogen (secondary N) is 1. The first-order valence-corrected chi connectivity index (χ1v) is 6.77. The molecular formula is C14H16N2O5. The molecule has 0 radical (unpaired) electrons. The number of nitrogens with zero attached hydrogens (tertiary/aromatic N) is 1. The van der Waals surface area contributed by atoms with E-state index in [1.807, 2.05) is 0 Å². The lowest BCUT2D eigenvalue weighted by atomic mass is 10.2. The number of carbonyl (C=O) groups is 2. The number of likely N-dealkylation sites (tertiary alicyclic amines) is 1. The molecule has 2 aliphatic rings. The number of H-pyrrole nitrogens is 1. The molecule has 2 atom stereocenters. The highest BCUT2D eigenvalue weighted by atomic mass is 16.5. The molecule has 0 unspecified atom stereocenters. The Hall–Kier alpha value is -2.12. The van der Waals surface area contributed by atoms with Gasteiger partial charge < -0.3 is 19.6 Å². The first-order chi connectivity index (χ1) is 10.2. The van der Waals surface area contributed by atoms with Crippen LogP contribution in [-0.4, -0.2) is 52.5 Å². The number of amides is 1. The average Bonchev–Trinajstić information content (AvgIpc) is 3.18. The van der Waals surface area contributed by atoms with Crippen LogP contribution in [0.2, 0.25) is 0 Å². The fraction of sp³-hybridized carbons (Fsp3) is 0.429. The van der Waals surface area contributed by atoms with Gasteiger partial charge in [0.25, 0.3) is 0 Å². The van der Waals surface area contributed by atoms with E-state index in [4.69, 9.17) is 9.47 Å². The van der Waals surface area contributed by atoms with E-state index in [1.54, 1.807) is 24.4 Å². The van der Waals surface area contributed by atoms with E-state index in [9.17, 15) is 14.7 Å². The molecule has 1 saturated heterocycles. The fourth-order valence-corrected chi connectivity index (χ4v) is 2.50. The highest BCUT2D eigenvalue weighted by Gasteiger charge is 2.39. The Balaban J connectivity index is 1.62. The number of hydrogen-bond acceptors (Lipinski definition) is 5. The van der Waals surface area contributed by atoms with E-state index < -0.39 is 18.4 Å². The van der Waals surface area contributed by atoms with E-state index in [1.165, 1.54) is 4.90 Å². The summed E-state index contributed by atoms with van der Waals surface area (Å²) >= 11 is 0. The largest absolute Gasteiger partial charge is 0.456 e. The minimum Gasteiger partial charge on any atom is -0.456 e. The zero-order valence-electron chi connectivity index (χ0n) is 11.3. The Bertz CT molecular complexity index is 566. The number of rotatable bonds is 4. The van der Waals surface area contributed by atoms with E-state index >= 15 is 0 Å². The molecule has 2 aliphatic heterocycles. The van der Waals surface area contributed by atoms with Gasteiger partial charge in [-0.1, -0.05) is 6.08 Å².